The molecule has 2 N–H and O–H groups in total. The molecule has 0 spiro atoms. The average molecular weight is 432 g/mol. The molecule has 0 saturated carbocycles. The fourth-order valence-electron chi connectivity index (χ4n) is 4.04. The van der Waals surface area contributed by atoms with Gasteiger partial charge >= 0.3 is 0 Å². The predicted molar refractivity (Wildman–Crippen MR) is 108 cm³/mol. The number of hydrogen-bond acceptors (Lipinski definition) is 7. The molecule has 2 aromatic carbocycles. The van der Waals surface area contributed by atoms with Crippen molar-refractivity contribution in [1.29, 1.82) is 0 Å². The first-order chi connectivity index (χ1) is 15.5. The number of nitrogens with one attached hydrogen (secondary N) is 2. The molecule has 3 aromatic rings. The number of benzene rings is 2. The van der Waals surface area contributed by atoms with E-state index in [4.69, 9.17) is 4.52 Å². The van der Waals surface area contributed by atoms with Crippen molar-refractivity contribution in [3.05, 3.63) is 64.9 Å². The Bertz CT molecular complexity index is 1330. The monoisotopic (exact) mass is 432 g/mol. The van der Waals surface area contributed by atoms with E-state index in [0.29, 0.717) is 16.5 Å². The van der Waals surface area contributed by atoms with Crippen LogP contribution in [0.25, 0.3) is 10.9 Å². The third-order valence-corrected chi connectivity index (χ3v) is 5.58. The lowest BCUT2D eigenvalue weighted by atomic mass is 10.0. The number of carbonyl (C=O) groups excluding carboxylic acids is 5. The van der Waals surface area contributed by atoms with Gasteiger partial charge in [-0.05, 0) is 30.2 Å². The SMILES string of the molecule is O=C1CCC(N2C(=O)c3cccc(CNC(=O)c4onc5ccccc45)c3C2=O)C(=O)N1. The maximum Gasteiger partial charge on any atom is 0.290 e. The number of aromatic nitrogens is 1. The molecule has 5 rings (SSSR count). The smallest absolute Gasteiger partial charge is 0.290 e. The molecule has 32 heavy (non-hydrogen) atoms. The van der Waals surface area contributed by atoms with Crippen LogP contribution in [0.3, 0.4) is 0 Å². The lowest BCUT2D eigenvalue weighted by molar-refractivity contribution is -0.136. The third kappa shape index (κ3) is 3.04. The lowest BCUT2D eigenvalue weighted by Gasteiger charge is -2.27. The number of amides is 5. The first kappa shape index (κ1) is 19.6. The summed E-state index contributed by atoms with van der Waals surface area (Å²) in [5.41, 5.74) is 1.24. The van der Waals surface area contributed by atoms with Crippen molar-refractivity contribution in [2.75, 3.05) is 0 Å². The van der Waals surface area contributed by atoms with Crippen LogP contribution in [0, 0.1) is 0 Å². The van der Waals surface area contributed by atoms with E-state index in [-0.39, 0.29) is 36.3 Å². The van der Waals surface area contributed by atoms with E-state index in [2.05, 4.69) is 15.8 Å². The Labute approximate surface area is 180 Å². The summed E-state index contributed by atoms with van der Waals surface area (Å²) in [6.07, 6.45) is 0.110. The summed E-state index contributed by atoms with van der Waals surface area (Å²) in [5.74, 6) is -2.83. The molecule has 0 aliphatic carbocycles. The van der Waals surface area contributed by atoms with E-state index in [9.17, 15) is 24.0 Å². The highest BCUT2D eigenvalue weighted by atomic mass is 16.5. The summed E-state index contributed by atoms with van der Waals surface area (Å²) in [6, 6.07) is 10.6. The number of rotatable bonds is 4. The lowest BCUT2D eigenvalue weighted by Crippen LogP contribution is -2.54. The van der Waals surface area contributed by atoms with E-state index >= 15 is 0 Å². The van der Waals surface area contributed by atoms with Crippen molar-refractivity contribution in [3.63, 3.8) is 0 Å². The Hall–Kier alpha value is -4.34. The molecule has 1 fully saturated rings. The van der Waals surface area contributed by atoms with Crippen LogP contribution in [0.1, 0.15) is 49.7 Å². The number of carbonyl (C=O) groups is 5. The highest BCUT2D eigenvalue weighted by Crippen LogP contribution is 2.30. The molecule has 3 heterocycles. The molecule has 5 amide bonds. The fraction of sp³-hybridized carbons (Fsp3) is 0.182. The minimum absolute atomic E-state index is 0.0395. The molecule has 0 radical (unpaired) electrons. The second-order valence-electron chi connectivity index (χ2n) is 7.50. The van der Waals surface area contributed by atoms with Gasteiger partial charge in [0.2, 0.25) is 17.6 Å². The molecule has 10 nitrogen and oxygen atoms in total. The molecule has 10 heteroatoms. The highest BCUT2D eigenvalue weighted by Gasteiger charge is 2.45. The van der Waals surface area contributed by atoms with E-state index in [1.54, 1.807) is 36.4 Å². The van der Waals surface area contributed by atoms with Crippen LogP contribution in [0.15, 0.2) is 47.0 Å². The Morgan fingerprint density at radius 2 is 1.91 bits per heavy atom. The van der Waals surface area contributed by atoms with Crippen molar-refractivity contribution in [2.24, 2.45) is 0 Å². The summed E-state index contributed by atoms with van der Waals surface area (Å²) < 4.78 is 5.15. The molecule has 1 aromatic heterocycles. The standard InChI is InChI=1S/C22H16N4O6/c27-16-9-8-15(19(28)24-16)26-21(30)13-6-3-4-11(17(13)22(26)31)10-23-20(29)18-12-5-1-2-7-14(12)25-32-18/h1-7,15H,8-10H2,(H,23,29)(H,24,27,28). The summed E-state index contributed by atoms with van der Waals surface area (Å²) in [7, 11) is 0. The Morgan fingerprint density at radius 1 is 1.09 bits per heavy atom. The molecule has 1 unspecified atom stereocenters. The Morgan fingerprint density at radius 3 is 2.72 bits per heavy atom. The van der Waals surface area contributed by atoms with Crippen LogP contribution in [0.2, 0.25) is 0 Å². The Balaban J connectivity index is 1.39. The van der Waals surface area contributed by atoms with Gasteiger partial charge < -0.3 is 9.84 Å². The zero-order valence-electron chi connectivity index (χ0n) is 16.6. The molecule has 0 bridgehead atoms. The minimum atomic E-state index is -1.05. The maximum absolute atomic E-state index is 13.1. The average Bonchev–Trinajstić information content (AvgIpc) is 3.32. The van der Waals surface area contributed by atoms with Gasteiger partial charge in [0.05, 0.1) is 16.5 Å². The summed E-state index contributed by atoms with van der Waals surface area (Å²) in [5, 5.41) is 9.25. The van der Waals surface area contributed by atoms with Crippen LogP contribution >= 0.6 is 0 Å². The number of hydrogen-bond donors (Lipinski definition) is 2. The first-order valence-corrected chi connectivity index (χ1v) is 9.92. The minimum Gasteiger partial charge on any atom is -0.350 e. The molecule has 1 saturated heterocycles. The Kier molecular flexibility index (Phi) is 4.54. The molecule has 2 aliphatic rings. The van der Waals surface area contributed by atoms with Crippen molar-refractivity contribution in [1.82, 2.24) is 20.7 Å². The van der Waals surface area contributed by atoms with Crippen molar-refractivity contribution < 1.29 is 28.5 Å². The largest absolute Gasteiger partial charge is 0.350 e. The molecule has 2 aliphatic heterocycles. The van der Waals surface area contributed by atoms with Crippen molar-refractivity contribution in [2.45, 2.75) is 25.4 Å². The van der Waals surface area contributed by atoms with Crippen molar-refractivity contribution in [3.8, 4) is 0 Å². The summed E-state index contributed by atoms with van der Waals surface area (Å²) >= 11 is 0. The van der Waals surface area contributed by atoms with Crippen LogP contribution in [0.5, 0.6) is 0 Å². The number of nitrogens with zero attached hydrogens (tertiary/aromatic N) is 2. The van der Waals surface area contributed by atoms with Crippen molar-refractivity contribution >= 4 is 40.4 Å². The van der Waals surface area contributed by atoms with Gasteiger partial charge in [0.15, 0.2) is 0 Å². The van der Waals surface area contributed by atoms with Gasteiger partial charge in [-0.2, -0.15) is 0 Å². The van der Waals surface area contributed by atoms with Gasteiger partial charge in [0, 0.05) is 13.0 Å². The molecular formula is C22H16N4O6. The van der Waals surface area contributed by atoms with Gasteiger partial charge in [0.1, 0.15) is 11.6 Å². The quantitative estimate of drug-likeness (QED) is 0.590. The van der Waals surface area contributed by atoms with Crippen LogP contribution < -0.4 is 10.6 Å². The van der Waals surface area contributed by atoms with Gasteiger partial charge in [-0.3, -0.25) is 34.2 Å². The van der Waals surface area contributed by atoms with Gasteiger partial charge in [0.25, 0.3) is 17.7 Å². The second kappa shape index (κ2) is 7.41. The molecule has 160 valence electrons. The zero-order valence-corrected chi connectivity index (χ0v) is 16.6. The second-order valence-corrected chi connectivity index (χ2v) is 7.50. The zero-order chi connectivity index (χ0) is 22.4. The van der Waals surface area contributed by atoms with Crippen LogP contribution in [-0.4, -0.2) is 45.6 Å². The highest BCUT2D eigenvalue weighted by molar-refractivity contribution is 6.24. The first-order valence-electron chi connectivity index (χ1n) is 9.92. The number of fused-ring (bicyclic) bond motifs is 2. The van der Waals surface area contributed by atoms with Gasteiger partial charge in [-0.25, -0.2) is 0 Å². The van der Waals surface area contributed by atoms with E-state index in [0.717, 1.165) is 4.90 Å². The molecular weight excluding hydrogens is 416 g/mol. The topological polar surface area (TPSA) is 139 Å². The van der Waals surface area contributed by atoms with Crippen LogP contribution in [0.4, 0.5) is 0 Å². The van der Waals surface area contributed by atoms with E-state index < -0.39 is 35.6 Å². The van der Waals surface area contributed by atoms with Crippen LogP contribution in [-0.2, 0) is 16.1 Å². The van der Waals surface area contributed by atoms with E-state index in [1.165, 1.54) is 6.07 Å². The van der Waals surface area contributed by atoms with Gasteiger partial charge in [-0.1, -0.05) is 29.4 Å². The molecule has 1 atom stereocenters. The number of piperidine rings is 1. The normalized spacial score (nSPS) is 18.1. The summed E-state index contributed by atoms with van der Waals surface area (Å²) in [6.45, 7) is -0.0424. The third-order valence-electron chi connectivity index (χ3n) is 5.58. The number of imide groups is 2. The summed E-state index contributed by atoms with van der Waals surface area (Å²) in [4.78, 5) is 63.2. The van der Waals surface area contributed by atoms with E-state index in [1.807, 2.05) is 0 Å². The predicted octanol–water partition coefficient (Wildman–Crippen LogP) is 1.16. The maximum atomic E-state index is 13.1. The fourth-order valence-corrected chi connectivity index (χ4v) is 4.04. The van der Waals surface area contributed by atoms with Gasteiger partial charge in [-0.15, -0.1) is 0 Å².